The fraction of sp³-hybridized carbons (Fsp3) is 1.00. The van der Waals surface area contributed by atoms with Gasteiger partial charge in [0.2, 0.25) is 0 Å². The van der Waals surface area contributed by atoms with Crippen molar-refractivity contribution in [3.05, 3.63) is 0 Å². The zero-order valence-electron chi connectivity index (χ0n) is 9.20. The Kier molecular flexibility index (Phi) is 3.18. The third kappa shape index (κ3) is 2.20. The molecule has 5 atom stereocenters. The average molecular weight is 238 g/mol. The first-order valence-electron chi connectivity index (χ1n) is 5.75. The Labute approximate surface area is 92.8 Å². The largest absolute Gasteiger partial charge is 0.396 e. The van der Waals surface area contributed by atoms with Crippen LogP contribution in [0.4, 0.5) is 13.2 Å². The SMILES string of the molecule is C[C@@H]1C[C@H]2[C@@H](CO)C[C@H](C(F)(F)F)C[C@H]2O1. The third-order valence-electron chi connectivity index (χ3n) is 3.90. The lowest BCUT2D eigenvalue weighted by Crippen LogP contribution is -2.40. The Balaban J connectivity index is 2.10. The first-order valence-corrected chi connectivity index (χ1v) is 5.75. The van der Waals surface area contributed by atoms with Crippen molar-refractivity contribution >= 4 is 0 Å². The highest BCUT2D eigenvalue weighted by Gasteiger charge is 2.51. The normalized spacial score (nSPS) is 44.4. The van der Waals surface area contributed by atoms with Crippen LogP contribution < -0.4 is 0 Å². The van der Waals surface area contributed by atoms with E-state index in [4.69, 9.17) is 4.74 Å². The van der Waals surface area contributed by atoms with Gasteiger partial charge in [0.15, 0.2) is 0 Å². The first-order chi connectivity index (χ1) is 7.41. The number of halogens is 3. The van der Waals surface area contributed by atoms with Crippen LogP contribution in [0, 0.1) is 17.8 Å². The molecule has 1 heterocycles. The molecular formula is C11H17F3O2. The van der Waals surface area contributed by atoms with Crippen molar-refractivity contribution in [3.8, 4) is 0 Å². The van der Waals surface area contributed by atoms with Gasteiger partial charge in [-0.1, -0.05) is 0 Å². The minimum Gasteiger partial charge on any atom is -0.396 e. The summed E-state index contributed by atoms with van der Waals surface area (Å²) in [7, 11) is 0. The number of fused-ring (bicyclic) bond motifs is 1. The predicted octanol–water partition coefficient (Wildman–Crippen LogP) is 2.36. The van der Waals surface area contributed by atoms with Crippen molar-refractivity contribution in [1.29, 1.82) is 0 Å². The molecule has 1 saturated carbocycles. The van der Waals surface area contributed by atoms with E-state index in [-0.39, 0.29) is 43.5 Å². The van der Waals surface area contributed by atoms with Gasteiger partial charge in [-0.3, -0.25) is 0 Å². The summed E-state index contributed by atoms with van der Waals surface area (Å²) < 4.78 is 43.5. The molecular weight excluding hydrogens is 221 g/mol. The van der Waals surface area contributed by atoms with Gasteiger partial charge in [0.05, 0.1) is 18.1 Å². The van der Waals surface area contributed by atoms with Gasteiger partial charge in [-0.15, -0.1) is 0 Å². The van der Waals surface area contributed by atoms with Crippen LogP contribution in [0.25, 0.3) is 0 Å². The summed E-state index contributed by atoms with van der Waals surface area (Å²) in [6.45, 7) is 1.72. The van der Waals surface area contributed by atoms with E-state index in [1.165, 1.54) is 0 Å². The molecule has 0 amide bonds. The molecule has 1 N–H and O–H groups in total. The molecule has 0 bridgehead atoms. The summed E-state index contributed by atoms with van der Waals surface area (Å²) in [5.74, 6) is -1.45. The summed E-state index contributed by atoms with van der Waals surface area (Å²) in [5, 5.41) is 9.18. The first kappa shape index (κ1) is 12.2. The minimum absolute atomic E-state index is 0.0241. The van der Waals surface area contributed by atoms with Crippen LogP contribution in [0.2, 0.25) is 0 Å². The van der Waals surface area contributed by atoms with E-state index in [1.807, 2.05) is 6.92 Å². The van der Waals surface area contributed by atoms with E-state index in [1.54, 1.807) is 0 Å². The Morgan fingerprint density at radius 3 is 2.50 bits per heavy atom. The molecule has 1 saturated heterocycles. The molecule has 1 aliphatic heterocycles. The van der Waals surface area contributed by atoms with Gasteiger partial charge in [-0.25, -0.2) is 0 Å². The lowest BCUT2D eigenvalue weighted by Gasteiger charge is -2.37. The molecule has 0 aromatic rings. The summed E-state index contributed by atoms with van der Waals surface area (Å²) in [6.07, 6.45) is -3.55. The van der Waals surface area contributed by atoms with Crippen LogP contribution in [-0.2, 0) is 4.74 Å². The zero-order valence-corrected chi connectivity index (χ0v) is 9.20. The number of aliphatic hydroxyl groups is 1. The lowest BCUT2D eigenvalue weighted by molar-refractivity contribution is -0.200. The quantitative estimate of drug-likeness (QED) is 0.760. The van der Waals surface area contributed by atoms with Crippen molar-refractivity contribution < 1.29 is 23.0 Å². The molecule has 1 aliphatic carbocycles. The molecule has 16 heavy (non-hydrogen) atoms. The van der Waals surface area contributed by atoms with E-state index in [2.05, 4.69) is 0 Å². The van der Waals surface area contributed by atoms with Gasteiger partial charge in [0, 0.05) is 6.61 Å². The van der Waals surface area contributed by atoms with Crippen LogP contribution in [0.15, 0.2) is 0 Å². The number of rotatable bonds is 1. The lowest BCUT2D eigenvalue weighted by atomic mass is 9.72. The maximum absolute atomic E-state index is 12.7. The average Bonchev–Trinajstić information content (AvgIpc) is 2.54. The Morgan fingerprint density at radius 1 is 1.25 bits per heavy atom. The van der Waals surface area contributed by atoms with Crippen LogP contribution in [0.5, 0.6) is 0 Å². The highest BCUT2D eigenvalue weighted by Crippen LogP contribution is 2.47. The second-order valence-corrected chi connectivity index (χ2v) is 5.04. The number of ether oxygens (including phenoxy) is 1. The number of aliphatic hydroxyl groups excluding tert-OH is 1. The summed E-state index contributed by atoms with van der Waals surface area (Å²) >= 11 is 0. The van der Waals surface area contributed by atoms with E-state index in [0.717, 1.165) is 6.42 Å². The Bertz CT molecular complexity index is 246. The van der Waals surface area contributed by atoms with Crippen molar-refractivity contribution in [2.45, 2.75) is 44.6 Å². The Morgan fingerprint density at radius 2 is 1.94 bits per heavy atom. The molecule has 5 heteroatoms. The standard InChI is InChI=1S/C11H17F3O2/c1-6-2-9-7(5-15)3-8(11(12,13)14)4-10(9)16-6/h6-10,15H,2-5H2,1H3/t6-,7-,8+,9+,10-/m1/s1. The van der Waals surface area contributed by atoms with Crippen molar-refractivity contribution in [2.75, 3.05) is 6.61 Å². The molecule has 0 aromatic carbocycles. The zero-order chi connectivity index (χ0) is 11.9. The van der Waals surface area contributed by atoms with E-state index in [0.29, 0.717) is 0 Å². The molecule has 94 valence electrons. The summed E-state index contributed by atoms with van der Waals surface area (Å²) in [4.78, 5) is 0. The van der Waals surface area contributed by atoms with Crippen molar-refractivity contribution in [3.63, 3.8) is 0 Å². The van der Waals surface area contributed by atoms with Gasteiger partial charge in [0.25, 0.3) is 0 Å². The van der Waals surface area contributed by atoms with Crippen LogP contribution in [-0.4, -0.2) is 30.1 Å². The van der Waals surface area contributed by atoms with E-state index >= 15 is 0 Å². The number of alkyl halides is 3. The molecule has 0 spiro atoms. The monoisotopic (exact) mass is 238 g/mol. The highest BCUT2D eigenvalue weighted by atomic mass is 19.4. The topological polar surface area (TPSA) is 29.5 Å². The number of hydrogen-bond donors (Lipinski definition) is 1. The molecule has 2 aliphatic rings. The Hall–Kier alpha value is -0.290. The maximum Gasteiger partial charge on any atom is 0.391 e. The van der Waals surface area contributed by atoms with Gasteiger partial charge < -0.3 is 9.84 Å². The fourth-order valence-corrected chi connectivity index (χ4v) is 3.11. The summed E-state index contributed by atoms with van der Waals surface area (Å²) in [6, 6.07) is 0. The molecule has 2 nitrogen and oxygen atoms in total. The van der Waals surface area contributed by atoms with Gasteiger partial charge in [-0.2, -0.15) is 13.2 Å². The van der Waals surface area contributed by atoms with Crippen LogP contribution in [0.1, 0.15) is 26.2 Å². The van der Waals surface area contributed by atoms with E-state index in [9.17, 15) is 18.3 Å². The van der Waals surface area contributed by atoms with E-state index < -0.39 is 12.1 Å². The predicted molar refractivity (Wildman–Crippen MR) is 51.8 cm³/mol. The van der Waals surface area contributed by atoms with Crippen LogP contribution in [0.3, 0.4) is 0 Å². The van der Waals surface area contributed by atoms with Crippen molar-refractivity contribution in [1.82, 2.24) is 0 Å². The smallest absolute Gasteiger partial charge is 0.391 e. The van der Waals surface area contributed by atoms with Gasteiger partial charge in [-0.05, 0) is 38.0 Å². The number of hydrogen-bond acceptors (Lipinski definition) is 2. The molecule has 0 aromatic heterocycles. The highest BCUT2D eigenvalue weighted by molar-refractivity contribution is 4.93. The van der Waals surface area contributed by atoms with Crippen molar-refractivity contribution in [2.24, 2.45) is 17.8 Å². The van der Waals surface area contributed by atoms with Gasteiger partial charge >= 0.3 is 6.18 Å². The van der Waals surface area contributed by atoms with Gasteiger partial charge in [0.1, 0.15) is 0 Å². The second-order valence-electron chi connectivity index (χ2n) is 5.04. The minimum atomic E-state index is -4.16. The van der Waals surface area contributed by atoms with Crippen LogP contribution >= 0.6 is 0 Å². The third-order valence-corrected chi connectivity index (χ3v) is 3.90. The molecule has 0 radical (unpaired) electrons. The molecule has 2 fully saturated rings. The second kappa shape index (κ2) is 4.18. The molecule has 0 unspecified atom stereocenters. The maximum atomic E-state index is 12.7. The summed E-state index contributed by atoms with van der Waals surface area (Å²) in [5.41, 5.74) is 0. The fourth-order valence-electron chi connectivity index (χ4n) is 3.11. The molecule has 2 rings (SSSR count).